The Morgan fingerprint density at radius 3 is 2.61 bits per heavy atom. The van der Waals surface area contributed by atoms with Gasteiger partial charge in [0.05, 0.1) is 50.9 Å². The van der Waals surface area contributed by atoms with Gasteiger partial charge in [0.15, 0.2) is 0 Å². The highest BCUT2D eigenvalue weighted by Gasteiger charge is 2.34. The van der Waals surface area contributed by atoms with E-state index in [0.29, 0.717) is 40.3 Å². The minimum Gasteiger partial charge on any atom is -0.466 e. The van der Waals surface area contributed by atoms with Crippen LogP contribution in [0.25, 0.3) is 0 Å². The molecule has 0 spiro atoms. The summed E-state index contributed by atoms with van der Waals surface area (Å²) in [6.07, 6.45) is 1.31. The molecular formula is C29H27FN2O5S. The predicted molar refractivity (Wildman–Crippen MR) is 140 cm³/mol. The minimum atomic E-state index is -1.70. The molecule has 0 N–H and O–H groups in total. The van der Waals surface area contributed by atoms with E-state index in [4.69, 9.17) is 4.74 Å². The predicted octanol–water partition coefficient (Wildman–Crippen LogP) is 4.57. The third-order valence-electron chi connectivity index (χ3n) is 6.87. The number of anilines is 1. The minimum absolute atomic E-state index is 0.101. The molecule has 38 heavy (non-hydrogen) atoms. The summed E-state index contributed by atoms with van der Waals surface area (Å²) in [5, 5.41) is 0. The quantitative estimate of drug-likeness (QED) is 0.448. The molecule has 196 valence electrons. The molecule has 2 heterocycles. The highest BCUT2D eigenvalue weighted by molar-refractivity contribution is 7.85. The van der Waals surface area contributed by atoms with Gasteiger partial charge in [0.2, 0.25) is 0 Å². The fourth-order valence-electron chi connectivity index (χ4n) is 4.95. The van der Waals surface area contributed by atoms with Crippen molar-refractivity contribution in [3.05, 3.63) is 89.2 Å². The molecule has 3 aromatic carbocycles. The van der Waals surface area contributed by atoms with Gasteiger partial charge in [-0.1, -0.05) is 30.3 Å². The van der Waals surface area contributed by atoms with Gasteiger partial charge in [-0.3, -0.25) is 14.4 Å². The summed E-state index contributed by atoms with van der Waals surface area (Å²) in [6.45, 7) is 2.65. The standard InChI is InChI=1S/C29H27FN2O5S/c1-2-37-29(35)21-9-7-15-31(17-21)27(33)19-13-14-26-24(16-19)32(18-20-8-3-5-11-23(20)30)28(34)22-10-4-6-12-25(22)38(26)36/h3-6,8,10-14,16,21H,2,7,9,15,17-18H2,1H3/t21-,38-/m1/s1. The van der Waals surface area contributed by atoms with Crippen molar-refractivity contribution < 1.29 is 27.7 Å². The van der Waals surface area contributed by atoms with Crippen LogP contribution in [-0.4, -0.2) is 46.6 Å². The Bertz CT molecular complexity index is 1440. The fraction of sp³-hybridized carbons (Fsp3) is 0.276. The van der Waals surface area contributed by atoms with Crippen molar-refractivity contribution in [1.82, 2.24) is 4.90 Å². The molecule has 1 fully saturated rings. The molecule has 0 aliphatic carbocycles. The molecule has 0 aromatic heterocycles. The highest BCUT2D eigenvalue weighted by atomic mass is 32.2. The number of hydrogen-bond acceptors (Lipinski definition) is 5. The van der Waals surface area contributed by atoms with Crippen LogP contribution in [0.1, 0.15) is 46.0 Å². The van der Waals surface area contributed by atoms with Gasteiger partial charge in [0.1, 0.15) is 5.82 Å². The van der Waals surface area contributed by atoms with Crippen molar-refractivity contribution in [1.29, 1.82) is 0 Å². The van der Waals surface area contributed by atoms with Crippen molar-refractivity contribution in [2.75, 3.05) is 24.6 Å². The van der Waals surface area contributed by atoms with Gasteiger partial charge in [-0.05, 0) is 56.2 Å². The van der Waals surface area contributed by atoms with E-state index < -0.39 is 28.4 Å². The first-order valence-corrected chi connectivity index (χ1v) is 13.7. The molecule has 2 aliphatic heterocycles. The summed E-state index contributed by atoms with van der Waals surface area (Å²) < 4.78 is 33.4. The maximum atomic E-state index is 14.6. The van der Waals surface area contributed by atoms with E-state index in [1.165, 1.54) is 11.0 Å². The number of esters is 1. The largest absolute Gasteiger partial charge is 0.466 e. The van der Waals surface area contributed by atoms with Crippen molar-refractivity contribution in [2.45, 2.75) is 36.1 Å². The summed E-state index contributed by atoms with van der Waals surface area (Å²) in [7, 11) is -1.70. The van der Waals surface area contributed by atoms with Crippen molar-refractivity contribution in [2.24, 2.45) is 5.92 Å². The van der Waals surface area contributed by atoms with Crippen LogP contribution >= 0.6 is 0 Å². The van der Waals surface area contributed by atoms with Crippen LogP contribution in [0.15, 0.2) is 76.5 Å². The summed E-state index contributed by atoms with van der Waals surface area (Å²) >= 11 is 0. The Hall–Kier alpha value is -3.85. The average Bonchev–Trinajstić information content (AvgIpc) is 3.03. The SMILES string of the molecule is CCOC(=O)[C@@H]1CCCN(C(=O)c2ccc3c(c2)N(Cc2ccccc2F)C(=O)c2ccccc2[S@]3=O)C1. The van der Waals surface area contributed by atoms with Gasteiger partial charge in [-0.25, -0.2) is 8.60 Å². The Morgan fingerprint density at radius 2 is 1.82 bits per heavy atom. The molecule has 9 heteroatoms. The number of nitrogens with zero attached hydrogens (tertiary/aromatic N) is 2. The van der Waals surface area contributed by atoms with Crippen LogP contribution in [-0.2, 0) is 26.9 Å². The Morgan fingerprint density at radius 1 is 1.05 bits per heavy atom. The smallest absolute Gasteiger partial charge is 0.310 e. The lowest BCUT2D eigenvalue weighted by molar-refractivity contribution is -0.149. The molecule has 2 atom stereocenters. The van der Waals surface area contributed by atoms with Crippen molar-refractivity contribution in [3.63, 3.8) is 0 Å². The topological polar surface area (TPSA) is 84.0 Å². The molecule has 0 radical (unpaired) electrons. The first kappa shape index (κ1) is 25.8. The van der Waals surface area contributed by atoms with Gasteiger partial charge in [0.25, 0.3) is 11.8 Å². The number of likely N-dealkylation sites (tertiary alicyclic amines) is 1. The third-order valence-corrected chi connectivity index (χ3v) is 8.37. The number of benzene rings is 3. The van der Waals surface area contributed by atoms with Gasteiger partial charge >= 0.3 is 5.97 Å². The number of fused-ring (bicyclic) bond motifs is 2. The summed E-state index contributed by atoms with van der Waals surface area (Å²) in [4.78, 5) is 43.3. The van der Waals surface area contributed by atoms with Crippen LogP contribution in [0.4, 0.5) is 10.1 Å². The van der Waals surface area contributed by atoms with E-state index in [-0.39, 0.29) is 42.8 Å². The molecule has 5 rings (SSSR count). The summed E-state index contributed by atoms with van der Waals surface area (Å²) in [5.74, 6) is -1.91. The normalized spacial score (nSPS) is 18.8. The Labute approximate surface area is 222 Å². The molecule has 1 saturated heterocycles. The average molecular weight is 535 g/mol. The van der Waals surface area contributed by atoms with E-state index in [1.54, 1.807) is 72.5 Å². The molecule has 0 bridgehead atoms. The maximum absolute atomic E-state index is 14.6. The van der Waals surface area contributed by atoms with Crippen LogP contribution in [0.3, 0.4) is 0 Å². The van der Waals surface area contributed by atoms with Gasteiger partial charge < -0.3 is 14.5 Å². The summed E-state index contributed by atoms with van der Waals surface area (Å²) in [6, 6.07) is 17.5. The zero-order chi connectivity index (χ0) is 26.8. The van der Waals surface area contributed by atoms with E-state index in [2.05, 4.69) is 0 Å². The maximum Gasteiger partial charge on any atom is 0.310 e. The molecule has 3 aromatic rings. The van der Waals surface area contributed by atoms with E-state index in [1.807, 2.05) is 0 Å². The first-order valence-electron chi connectivity index (χ1n) is 12.5. The molecule has 0 unspecified atom stereocenters. The molecule has 2 amide bonds. The first-order chi connectivity index (χ1) is 18.4. The van der Waals surface area contributed by atoms with Gasteiger partial charge in [-0.15, -0.1) is 0 Å². The lowest BCUT2D eigenvalue weighted by Gasteiger charge is -2.32. The molecule has 7 nitrogen and oxygen atoms in total. The Kier molecular flexibility index (Phi) is 7.37. The van der Waals surface area contributed by atoms with Crippen LogP contribution in [0, 0.1) is 11.7 Å². The summed E-state index contributed by atoms with van der Waals surface area (Å²) in [5.41, 5.74) is 1.14. The zero-order valence-corrected chi connectivity index (χ0v) is 21.7. The van der Waals surface area contributed by atoms with Gasteiger partial charge in [0, 0.05) is 24.2 Å². The number of carbonyl (C=O) groups is 3. The number of carbonyl (C=O) groups excluding carboxylic acids is 3. The Balaban J connectivity index is 1.54. The third kappa shape index (κ3) is 4.86. The zero-order valence-electron chi connectivity index (χ0n) is 20.9. The molecule has 0 saturated carbocycles. The highest BCUT2D eigenvalue weighted by Crippen LogP contribution is 2.36. The lowest BCUT2D eigenvalue weighted by atomic mass is 9.97. The number of ether oxygens (including phenoxy) is 1. The lowest BCUT2D eigenvalue weighted by Crippen LogP contribution is -2.43. The number of amides is 2. The van der Waals surface area contributed by atoms with Crippen molar-refractivity contribution in [3.8, 4) is 0 Å². The number of halogens is 1. The van der Waals surface area contributed by atoms with Crippen LogP contribution in [0.2, 0.25) is 0 Å². The molecule has 2 aliphatic rings. The van der Waals surface area contributed by atoms with Crippen molar-refractivity contribution >= 4 is 34.3 Å². The van der Waals surface area contributed by atoms with E-state index in [9.17, 15) is 23.0 Å². The van der Waals surface area contributed by atoms with Crippen LogP contribution in [0.5, 0.6) is 0 Å². The number of piperidine rings is 1. The van der Waals surface area contributed by atoms with E-state index in [0.717, 1.165) is 0 Å². The fourth-order valence-corrected chi connectivity index (χ4v) is 6.29. The number of rotatable bonds is 5. The second-order valence-electron chi connectivity index (χ2n) is 9.27. The van der Waals surface area contributed by atoms with Crippen LogP contribution < -0.4 is 4.90 Å². The van der Waals surface area contributed by atoms with Gasteiger partial charge in [-0.2, -0.15) is 0 Å². The second kappa shape index (κ2) is 10.9. The monoisotopic (exact) mass is 534 g/mol. The molecular weight excluding hydrogens is 507 g/mol. The second-order valence-corrected chi connectivity index (χ2v) is 10.7. The number of hydrogen-bond donors (Lipinski definition) is 0. The van der Waals surface area contributed by atoms with E-state index >= 15 is 0 Å².